The Morgan fingerprint density at radius 1 is 1.00 bits per heavy atom. The smallest absolute Gasteiger partial charge is 0.237 e. The highest BCUT2D eigenvalue weighted by atomic mass is 16.2. The van der Waals surface area contributed by atoms with E-state index < -0.39 is 0 Å². The fourth-order valence-corrected chi connectivity index (χ4v) is 5.59. The van der Waals surface area contributed by atoms with Crippen LogP contribution in [-0.4, -0.2) is 56.0 Å². The van der Waals surface area contributed by atoms with Crippen molar-refractivity contribution in [2.45, 2.75) is 63.5 Å². The van der Waals surface area contributed by atoms with Crippen molar-refractivity contribution in [3.05, 3.63) is 30.2 Å². The van der Waals surface area contributed by atoms with Crippen molar-refractivity contribution in [1.82, 2.24) is 24.4 Å². The average molecular weight is 367 g/mol. The predicted octanol–water partition coefficient (Wildman–Crippen LogP) is 3.05. The molecule has 3 atom stereocenters. The first kappa shape index (κ1) is 17.2. The van der Waals surface area contributed by atoms with Crippen LogP contribution in [-0.2, 0) is 4.79 Å². The number of nitrogens with zero attached hydrogens (tertiary/aromatic N) is 5. The number of carbonyl (C=O) groups excluding carboxylic acids is 1. The number of likely N-dealkylation sites (tertiary alicyclic amines) is 2. The Morgan fingerprint density at radius 2 is 1.85 bits per heavy atom. The molecule has 0 bridgehead atoms. The normalized spacial score (nSPS) is 29.2. The van der Waals surface area contributed by atoms with Gasteiger partial charge in [-0.05, 0) is 63.1 Å². The summed E-state index contributed by atoms with van der Waals surface area (Å²) < 4.78 is 2.07. The van der Waals surface area contributed by atoms with E-state index in [0.29, 0.717) is 18.5 Å². The van der Waals surface area contributed by atoms with Gasteiger partial charge in [0.2, 0.25) is 5.91 Å². The highest BCUT2D eigenvalue weighted by Crippen LogP contribution is 2.36. The Balaban J connectivity index is 1.33. The van der Waals surface area contributed by atoms with Crippen LogP contribution < -0.4 is 0 Å². The van der Waals surface area contributed by atoms with Crippen LogP contribution in [0.15, 0.2) is 24.4 Å². The first-order valence-electron chi connectivity index (χ1n) is 10.6. The average Bonchev–Trinajstić information content (AvgIpc) is 3.34. The highest BCUT2D eigenvalue weighted by Gasteiger charge is 2.38. The topological polar surface area (TPSA) is 53.7 Å². The first-order chi connectivity index (χ1) is 13.3. The lowest BCUT2D eigenvalue weighted by molar-refractivity contribution is -0.139. The number of hydrogen-bond donors (Lipinski definition) is 0. The lowest BCUT2D eigenvalue weighted by Gasteiger charge is -2.44. The van der Waals surface area contributed by atoms with Crippen LogP contribution in [0.5, 0.6) is 0 Å². The van der Waals surface area contributed by atoms with Crippen LogP contribution in [0.25, 0.3) is 5.65 Å². The van der Waals surface area contributed by atoms with Gasteiger partial charge >= 0.3 is 0 Å². The van der Waals surface area contributed by atoms with E-state index in [-0.39, 0.29) is 6.04 Å². The van der Waals surface area contributed by atoms with Crippen LogP contribution in [0, 0.1) is 5.92 Å². The molecule has 2 saturated heterocycles. The zero-order valence-electron chi connectivity index (χ0n) is 16.0. The van der Waals surface area contributed by atoms with Gasteiger partial charge in [-0.1, -0.05) is 18.9 Å². The molecule has 144 valence electrons. The maximum absolute atomic E-state index is 13.2. The molecule has 0 radical (unpaired) electrons. The van der Waals surface area contributed by atoms with Crippen LogP contribution in [0.4, 0.5) is 0 Å². The van der Waals surface area contributed by atoms with Gasteiger partial charge in [0.05, 0.1) is 12.6 Å². The number of piperidine rings is 1. The monoisotopic (exact) mass is 367 g/mol. The number of fused-ring (bicyclic) bond motifs is 2. The van der Waals surface area contributed by atoms with Crippen molar-refractivity contribution in [2.24, 2.45) is 5.92 Å². The molecule has 0 unspecified atom stereocenters. The SMILES string of the molecule is O=C(CN1CCC[C@@H]1c1nnc2ccccn12)N1CCC[C@H]2CCCC[C@@H]21. The second kappa shape index (κ2) is 7.23. The molecule has 3 fully saturated rings. The summed E-state index contributed by atoms with van der Waals surface area (Å²) in [4.78, 5) is 17.8. The van der Waals surface area contributed by atoms with Gasteiger partial charge in [-0.25, -0.2) is 0 Å². The van der Waals surface area contributed by atoms with Gasteiger partial charge in [0.25, 0.3) is 0 Å². The number of hydrogen-bond acceptors (Lipinski definition) is 4. The third-order valence-electron chi connectivity index (χ3n) is 6.90. The van der Waals surface area contributed by atoms with Crippen molar-refractivity contribution >= 4 is 11.6 Å². The van der Waals surface area contributed by atoms with Gasteiger partial charge in [0.1, 0.15) is 0 Å². The fourth-order valence-electron chi connectivity index (χ4n) is 5.59. The predicted molar refractivity (Wildman–Crippen MR) is 103 cm³/mol. The Kier molecular flexibility index (Phi) is 4.60. The summed E-state index contributed by atoms with van der Waals surface area (Å²) in [6.07, 6.45) is 11.8. The maximum Gasteiger partial charge on any atom is 0.237 e. The molecule has 1 amide bonds. The molecular weight excluding hydrogens is 338 g/mol. The molecule has 4 heterocycles. The van der Waals surface area contributed by atoms with Crippen molar-refractivity contribution < 1.29 is 4.79 Å². The van der Waals surface area contributed by atoms with Gasteiger partial charge in [0.15, 0.2) is 11.5 Å². The number of carbonyl (C=O) groups is 1. The summed E-state index contributed by atoms with van der Waals surface area (Å²) in [6, 6.07) is 6.67. The van der Waals surface area contributed by atoms with E-state index in [1.54, 1.807) is 0 Å². The summed E-state index contributed by atoms with van der Waals surface area (Å²) in [5, 5.41) is 8.77. The van der Waals surface area contributed by atoms with Gasteiger partial charge < -0.3 is 4.90 Å². The van der Waals surface area contributed by atoms with E-state index in [2.05, 4.69) is 24.4 Å². The van der Waals surface area contributed by atoms with E-state index in [1.165, 1.54) is 38.5 Å². The minimum atomic E-state index is 0.193. The summed E-state index contributed by atoms with van der Waals surface area (Å²) in [6.45, 7) is 2.45. The molecule has 0 spiro atoms. The van der Waals surface area contributed by atoms with E-state index in [4.69, 9.17) is 0 Å². The van der Waals surface area contributed by atoms with Crippen LogP contribution >= 0.6 is 0 Å². The molecule has 5 rings (SSSR count). The molecule has 6 heteroatoms. The molecule has 1 aliphatic carbocycles. The van der Waals surface area contributed by atoms with Crippen molar-refractivity contribution in [3.63, 3.8) is 0 Å². The van der Waals surface area contributed by atoms with Crippen molar-refractivity contribution in [2.75, 3.05) is 19.6 Å². The molecule has 2 aliphatic heterocycles. The lowest BCUT2D eigenvalue weighted by atomic mass is 9.78. The first-order valence-corrected chi connectivity index (χ1v) is 10.6. The van der Waals surface area contributed by atoms with Gasteiger partial charge in [-0.15, -0.1) is 10.2 Å². The zero-order valence-corrected chi connectivity index (χ0v) is 16.0. The van der Waals surface area contributed by atoms with E-state index in [1.807, 2.05) is 24.4 Å². The maximum atomic E-state index is 13.2. The molecule has 0 aromatic carbocycles. The summed E-state index contributed by atoms with van der Waals surface area (Å²) in [5.74, 6) is 2.05. The third-order valence-corrected chi connectivity index (χ3v) is 6.90. The Hall–Kier alpha value is -1.95. The molecule has 0 N–H and O–H groups in total. The number of aromatic nitrogens is 3. The number of amides is 1. The molecular formula is C21H29N5O. The van der Waals surface area contributed by atoms with Crippen molar-refractivity contribution in [3.8, 4) is 0 Å². The van der Waals surface area contributed by atoms with E-state index in [0.717, 1.165) is 43.3 Å². The van der Waals surface area contributed by atoms with E-state index in [9.17, 15) is 4.79 Å². The van der Waals surface area contributed by atoms with Gasteiger partial charge in [-0.3, -0.25) is 14.1 Å². The minimum absolute atomic E-state index is 0.193. The minimum Gasteiger partial charge on any atom is -0.338 e. The van der Waals surface area contributed by atoms with Crippen LogP contribution in [0.2, 0.25) is 0 Å². The summed E-state index contributed by atoms with van der Waals surface area (Å²) >= 11 is 0. The Labute approximate surface area is 160 Å². The van der Waals surface area contributed by atoms with Crippen molar-refractivity contribution in [1.29, 1.82) is 0 Å². The zero-order chi connectivity index (χ0) is 18.2. The van der Waals surface area contributed by atoms with Gasteiger partial charge in [0, 0.05) is 18.8 Å². The number of pyridine rings is 1. The largest absolute Gasteiger partial charge is 0.338 e. The molecule has 6 nitrogen and oxygen atoms in total. The van der Waals surface area contributed by atoms with Crippen LogP contribution in [0.1, 0.15) is 63.2 Å². The Bertz CT molecular complexity index is 816. The molecule has 2 aromatic rings. The summed E-state index contributed by atoms with van der Waals surface area (Å²) in [5.41, 5.74) is 0.881. The standard InChI is InChI=1S/C21H29N5O/c27-20(25-14-5-8-16-7-1-2-9-17(16)25)15-24-12-6-10-18(24)21-23-22-19-11-3-4-13-26(19)21/h3-4,11,13,16-18H,1-2,5-10,12,14-15H2/t16-,17+,18-/m1/s1. The second-order valence-electron chi connectivity index (χ2n) is 8.46. The Morgan fingerprint density at radius 3 is 2.81 bits per heavy atom. The van der Waals surface area contributed by atoms with Crippen LogP contribution in [0.3, 0.4) is 0 Å². The fraction of sp³-hybridized carbons (Fsp3) is 0.667. The molecule has 1 saturated carbocycles. The van der Waals surface area contributed by atoms with Gasteiger partial charge in [-0.2, -0.15) is 0 Å². The summed E-state index contributed by atoms with van der Waals surface area (Å²) in [7, 11) is 0. The second-order valence-corrected chi connectivity index (χ2v) is 8.46. The lowest BCUT2D eigenvalue weighted by Crippen LogP contribution is -2.52. The van der Waals surface area contributed by atoms with E-state index >= 15 is 0 Å². The highest BCUT2D eigenvalue weighted by molar-refractivity contribution is 5.79. The molecule has 3 aliphatic rings. The quantitative estimate of drug-likeness (QED) is 0.837. The molecule has 27 heavy (non-hydrogen) atoms. The third kappa shape index (κ3) is 3.14. The molecule has 2 aromatic heterocycles. The number of rotatable bonds is 3.